The number of nitrogens with one attached hydrogen (secondary N) is 2. The maximum atomic E-state index is 12.4. The number of nitrogens with zero attached hydrogens (tertiary/aromatic N) is 3. The fourth-order valence-electron chi connectivity index (χ4n) is 3.68. The number of likely N-dealkylation sites (tertiary alicyclic amines) is 1. The molecule has 0 radical (unpaired) electrons. The Kier molecular flexibility index (Phi) is 8.40. The zero-order valence-corrected chi connectivity index (χ0v) is 16.3. The van der Waals surface area contributed by atoms with E-state index in [1.165, 1.54) is 0 Å². The summed E-state index contributed by atoms with van der Waals surface area (Å²) in [6.45, 7) is 5.68. The summed E-state index contributed by atoms with van der Waals surface area (Å²) in [6.07, 6.45) is 3.26. The van der Waals surface area contributed by atoms with Crippen molar-refractivity contribution in [3.05, 3.63) is 5.69 Å². The normalized spacial score (nSPS) is 22.1. The standard InChI is InChI=1S/C15H25N5O3.2ClH/c1-11-14(19-23-18-11)22-8-7-17-13(21)12-9-15(10-20(12)2)3-5-16-6-4-15;;/h12,16H,3-10H2,1-2H3,(H,17,21);2*1H. The number of carbonyl (C=O) groups is 1. The summed E-state index contributed by atoms with van der Waals surface area (Å²) in [5.41, 5.74) is 0.918. The van der Waals surface area contributed by atoms with Crippen LogP contribution in [0.3, 0.4) is 0 Å². The largest absolute Gasteiger partial charge is 0.472 e. The molecule has 3 heterocycles. The molecule has 2 aliphatic heterocycles. The average Bonchev–Trinajstić information content (AvgIpc) is 3.08. The number of carbonyl (C=O) groups excluding carboxylic acids is 1. The van der Waals surface area contributed by atoms with Gasteiger partial charge in [-0.25, -0.2) is 4.63 Å². The van der Waals surface area contributed by atoms with E-state index < -0.39 is 0 Å². The van der Waals surface area contributed by atoms with E-state index in [0.717, 1.165) is 38.9 Å². The van der Waals surface area contributed by atoms with Crippen molar-refractivity contribution in [3.8, 4) is 5.88 Å². The van der Waals surface area contributed by atoms with Crippen LogP contribution in [0.1, 0.15) is 25.0 Å². The molecule has 1 atom stereocenters. The number of piperidine rings is 1. The van der Waals surface area contributed by atoms with Crippen LogP contribution in [0.4, 0.5) is 0 Å². The second kappa shape index (κ2) is 9.56. The first-order valence-electron chi connectivity index (χ1n) is 8.20. The van der Waals surface area contributed by atoms with Crippen LogP contribution in [0.15, 0.2) is 4.63 Å². The highest BCUT2D eigenvalue weighted by atomic mass is 35.5. The summed E-state index contributed by atoms with van der Waals surface area (Å²) in [7, 11) is 2.04. The summed E-state index contributed by atoms with van der Waals surface area (Å²) < 4.78 is 9.98. The Morgan fingerprint density at radius 1 is 1.40 bits per heavy atom. The maximum Gasteiger partial charge on any atom is 0.278 e. The topological polar surface area (TPSA) is 92.5 Å². The third-order valence-corrected chi connectivity index (χ3v) is 4.96. The molecular weight excluding hydrogens is 369 g/mol. The fourth-order valence-corrected chi connectivity index (χ4v) is 3.68. The molecule has 8 nitrogen and oxygen atoms in total. The van der Waals surface area contributed by atoms with Crippen LogP contribution in [0, 0.1) is 12.3 Å². The third-order valence-electron chi connectivity index (χ3n) is 4.96. The molecule has 1 amide bonds. The minimum Gasteiger partial charge on any atom is -0.472 e. The van der Waals surface area contributed by atoms with E-state index in [1.807, 2.05) is 7.05 Å². The highest BCUT2D eigenvalue weighted by molar-refractivity contribution is 5.85. The number of ether oxygens (including phenoxy) is 1. The molecule has 2 fully saturated rings. The lowest BCUT2D eigenvalue weighted by Gasteiger charge is -2.33. The van der Waals surface area contributed by atoms with Crippen LogP contribution in [0.2, 0.25) is 0 Å². The Hall–Kier alpha value is -1.09. The summed E-state index contributed by atoms with van der Waals surface area (Å²) in [4.78, 5) is 14.6. The van der Waals surface area contributed by atoms with Crippen molar-refractivity contribution in [1.82, 2.24) is 25.8 Å². The van der Waals surface area contributed by atoms with Gasteiger partial charge >= 0.3 is 0 Å². The van der Waals surface area contributed by atoms with Gasteiger partial charge in [0.05, 0.1) is 12.6 Å². The Morgan fingerprint density at radius 3 is 2.76 bits per heavy atom. The lowest BCUT2D eigenvalue weighted by atomic mass is 9.77. The quantitative estimate of drug-likeness (QED) is 0.711. The monoisotopic (exact) mass is 395 g/mol. The molecule has 0 aromatic carbocycles. The van der Waals surface area contributed by atoms with Gasteiger partial charge in [-0.2, -0.15) is 0 Å². The Bertz CT molecular complexity index is 551. The van der Waals surface area contributed by atoms with Gasteiger partial charge in [-0.3, -0.25) is 9.69 Å². The van der Waals surface area contributed by atoms with Crippen molar-refractivity contribution >= 4 is 30.7 Å². The molecule has 10 heteroatoms. The van der Waals surface area contributed by atoms with Gasteiger partial charge in [-0.05, 0) is 56.9 Å². The number of rotatable bonds is 5. The Balaban J connectivity index is 0.00000156. The van der Waals surface area contributed by atoms with E-state index in [1.54, 1.807) is 6.92 Å². The molecule has 2 saturated heterocycles. The number of hydrogen-bond donors (Lipinski definition) is 2. The molecule has 1 aromatic rings. The van der Waals surface area contributed by atoms with Crippen molar-refractivity contribution in [2.45, 2.75) is 32.2 Å². The van der Waals surface area contributed by atoms with Gasteiger partial charge in [0, 0.05) is 6.54 Å². The van der Waals surface area contributed by atoms with E-state index in [2.05, 4.69) is 30.5 Å². The minimum atomic E-state index is -0.0384. The average molecular weight is 396 g/mol. The molecule has 144 valence electrons. The SMILES string of the molecule is Cc1nonc1OCCNC(=O)C1CC2(CCNCC2)CN1C.Cl.Cl. The summed E-state index contributed by atoms with van der Waals surface area (Å²) in [6, 6.07) is -0.0384. The van der Waals surface area contributed by atoms with E-state index in [9.17, 15) is 4.79 Å². The molecule has 1 unspecified atom stereocenters. The number of amides is 1. The van der Waals surface area contributed by atoms with Crippen molar-refractivity contribution in [2.75, 3.05) is 39.8 Å². The lowest BCUT2D eigenvalue weighted by Crippen LogP contribution is -2.42. The van der Waals surface area contributed by atoms with Crippen molar-refractivity contribution in [2.24, 2.45) is 5.41 Å². The number of aryl methyl sites for hydroxylation is 1. The van der Waals surface area contributed by atoms with Crippen LogP contribution >= 0.6 is 24.8 Å². The molecule has 25 heavy (non-hydrogen) atoms. The van der Waals surface area contributed by atoms with Gasteiger partial charge in [0.25, 0.3) is 5.88 Å². The molecule has 1 aromatic heterocycles. The Labute approximate surface area is 160 Å². The van der Waals surface area contributed by atoms with Crippen LogP contribution in [0.5, 0.6) is 5.88 Å². The van der Waals surface area contributed by atoms with E-state index in [-0.39, 0.29) is 36.8 Å². The van der Waals surface area contributed by atoms with E-state index in [0.29, 0.717) is 30.1 Å². The number of aromatic nitrogens is 2. The van der Waals surface area contributed by atoms with Gasteiger partial charge in [0.1, 0.15) is 12.3 Å². The van der Waals surface area contributed by atoms with Crippen molar-refractivity contribution in [3.63, 3.8) is 0 Å². The van der Waals surface area contributed by atoms with E-state index >= 15 is 0 Å². The molecule has 2 N–H and O–H groups in total. The summed E-state index contributed by atoms with van der Waals surface area (Å²) in [5.74, 6) is 0.465. The predicted octanol–water partition coefficient (Wildman–Crippen LogP) is 0.791. The maximum absolute atomic E-state index is 12.4. The lowest BCUT2D eigenvalue weighted by molar-refractivity contribution is -0.125. The van der Waals surface area contributed by atoms with Gasteiger partial charge in [0.15, 0.2) is 0 Å². The third kappa shape index (κ3) is 5.20. The second-order valence-corrected chi connectivity index (χ2v) is 6.68. The van der Waals surface area contributed by atoms with E-state index in [4.69, 9.17) is 4.74 Å². The zero-order chi connectivity index (χ0) is 16.3. The first-order valence-corrected chi connectivity index (χ1v) is 8.20. The van der Waals surface area contributed by atoms with Crippen molar-refractivity contribution in [1.29, 1.82) is 0 Å². The van der Waals surface area contributed by atoms with Crippen LogP contribution in [0.25, 0.3) is 0 Å². The van der Waals surface area contributed by atoms with Gasteiger partial charge in [-0.1, -0.05) is 5.16 Å². The van der Waals surface area contributed by atoms with Gasteiger partial charge < -0.3 is 15.4 Å². The predicted molar refractivity (Wildman–Crippen MR) is 97.6 cm³/mol. The molecule has 0 saturated carbocycles. The summed E-state index contributed by atoms with van der Waals surface area (Å²) >= 11 is 0. The number of halogens is 2. The Morgan fingerprint density at radius 2 is 2.12 bits per heavy atom. The summed E-state index contributed by atoms with van der Waals surface area (Å²) in [5, 5.41) is 13.6. The second-order valence-electron chi connectivity index (χ2n) is 6.68. The first-order chi connectivity index (χ1) is 11.1. The van der Waals surface area contributed by atoms with Crippen LogP contribution in [-0.2, 0) is 4.79 Å². The van der Waals surface area contributed by atoms with Gasteiger partial charge in [0.2, 0.25) is 5.91 Å². The van der Waals surface area contributed by atoms with Crippen molar-refractivity contribution < 1.29 is 14.2 Å². The molecule has 2 aliphatic rings. The first kappa shape index (κ1) is 22.0. The molecular formula is C15H27Cl2N5O3. The fraction of sp³-hybridized carbons (Fsp3) is 0.800. The number of likely N-dealkylation sites (N-methyl/N-ethyl adjacent to an activating group) is 1. The minimum absolute atomic E-state index is 0. The molecule has 3 rings (SSSR count). The van der Waals surface area contributed by atoms with Crippen LogP contribution < -0.4 is 15.4 Å². The number of hydrogen-bond acceptors (Lipinski definition) is 7. The molecule has 0 aliphatic carbocycles. The molecule has 0 bridgehead atoms. The van der Waals surface area contributed by atoms with Gasteiger partial charge in [-0.15, -0.1) is 24.8 Å². The zero-order valence-electron chi connectivity index (χ0n) is 14.6. The smallest absolute Gasteiger partial charge is 0.278 e. The highest BCUT2D eigenvalue weighted by Crippen LogP contribution is 2.41. The molecule has 1 spiro atoms. The van der Waals surface area contributed by atoms with Crippen LogP contribution in [-0.4, -0.2) is 67.0 Å². The highest BCUT2D eigenvalue weighted by Gasteiger charge is 2.45.